The van der Waals surface area contributed by atoms with Crippen LogP contribution in [-0.4, -0.2) is 42.6 Å². The van der Waals surface area contributed by atoms with E-state index in [-0.39, 0.29) is 6.42 Å². The van der Waals surface area contributed by atoms with E-state index in [0.29, 0.717) is 5.71 Å². The molecule has 0 amide bonds. The average Bonchev–Trinajstić information content (AvgIpc) is 2.77. The number of hydrazone groups is 1. The number of ether oxygens (including phenoxy) is 2. The van der Waals surface area contributed by atoms with E-state index in [1.54, 1.807) is 6.92 Å². The third-order valence-corrected chi connectivity index (χ3v) is 5.48. The SMILES string of the molecule is COC(=O)[C@@H]1/C(=N\Nc2ccccc2)C[C@](C)(O)[C@H](C(=O)OC)[C@H]1c1ccccc1. The lowest BCUT2D eigenvalue weighted by molar-refractivity contribution is -0.160. The van der Waals surface area contributed by atoms with Crippen LogP contribution in [-0.2, 0) is 19.1 Å². The van der Waals surface area contributed by atoms with E-state index in [2.05, 4.69) is 10.5 Å². The molecule has 2 aromatic rings. The second-order valence-electron chi connectivity index (χ2n) is 7.55. The predicted molar refractivity (Wildman–Crippen MR) is 113 cm³/mol. The minimum atomic E-state index is -1.48. The van der Waals surface area contributed by atoms with Crippen LogP contribution in [0.25, 0.3) is 0 Å². The molecule has 1 saturated carbocycles. The van der Waals surface area contributed by atoms with E-state index in [0.717, 1.165) is 11.3 Å². The molecule has 7 nitrogen and oxygen atoms in total. The highest BCUT2D eigenvalue weighted by molar-refractivity contribution is 6.06. The number of carbonyl (C=O) groups excluding carboxylic acids is 2. The van der Waals surface area contributed by atoms with Crippen LogP contribution in [0.5, 0.6) is 0 Å². The highest BCUT2D eigenvalue weighted by atomic mass is 16.5. The number of methoxy groups -OCH3 is 2. The molecule has 0 unspecified atom stereocenters. The Kier molecular flexibility index (Phi) is 6.52. The Morgan fingerprint density at radius 3 is 2.13 bits per heavy atom. The lowest BCUT2D eigenvalue weighted by atomic mass is 9.61. The number of carbonyl (C=O) groups is 2. The van der Waals surface area contributed by atoms with Crippen LogP contribution in [0.4, 0.5) is 5.69 Å². The van der Waals surface area contributed by atoms with Gasteiger partial charge in [0.05, 0.1) is 37.1 Å². The number of benzene rings is 2. The van der Waals surface area contributed by atoms with Crippen molar-refractivity contribution in [1.29, 1.82) is 0 Å². The monoisotopic (exact) mass is 410 g/mol. The molecule has 0 bridgehead atoms. The Bertz CT molecular complexity index is 912. The molecule has 1 fully saturated rings. The van der Waals surface area contributed by atoms with Crippen molar-refractivity contribution in [2.45, 2.75) is 24.9 Å². The fourth-order valence-electron chi connectivity index (χ4n) is 4.13. The van der Waals surface area contributed by atoms with Crippen LogP contribution in [0, 0.1) is 11.8 Å². The van der Waals surface area contributed by atoms with Crippen molar-refractivity contribution >= 4 is 23.3 Å². The van der Waals surface area contributed by atoms with Gasteiger partial charge in [0.25, 0.3) is 0 Å². The Morgan fingerprint density at radius 2 is 1.57 bits per heavy atom. The van der Waals surface area contributed by atoms with Crippen molar-refractivity contribution in [3.8, 4) is 0 Å². The predicted octanol–water partition coefficient (Wildman–Crippen LogP) is 2.97. The molecule has 2 aromatic carbocycles. The van der Waals surface area contributed by atoms with Gasteiger partial charge in [-0.05, 0) is 24.6 Å². The summed E-state index contributed by atoms with van der Waals surface area (Å²) in [6.07, 6.45) is 0.00962. The zero-order chi connectivity index (χ0) is 21.7. The Hall–Kier alpha value is -3.19. The van der Waals surface area contributed by atoms with Gasteiger partial charge in [-0.25, -0.2) is 0 Å². The van der Waals surface area contributed by atoms with Crippen LogP contribution in [0.3, 0.4) is 0 Å². The topological polar surface area (TPSA) is 97.2 Å². The molecular formula is C23H26N2O5. The zero-order valence-electron chi connectivity index (χ0n) is 17.2. The summed E-state index contributed by atoms with van der Waals surface area (Å²) in [5, 5.41) is 15.7. The maximum atomic E-state index is 12.9. The number of esters is 2. The third-order valence-electron chi connectivity index (χ3n) is 5.48. The van der Waals surface area contributed by atoms with Gasteiger partial charge in [0.1, 0.15) is 5.92 Å². The van der Waals surface area contributed by atoms with Gasteiger partial charge in [-0.3, -0.25) is 15.0 Å². The summed E-state index contributed by atoms with van der Waals surface area (Å²) < 4.78 is 10.1. The number of anilines is 1. The largest absolute Gasteiger partial charge is 0.469 e. The molecule has 7 heteroatoms. The fraction of sp³-hybridized carbons (Fsp3) is 0.348. The number of para-hydroxylation sites is 1. The van der Waals surface area contributed by atoms with Gasteiger partial charge in [0.15, 0.2) is 0 Å². The lowest BCUT2D eigenvalue weighted by Gasteiger charge is -2.44. The molecule has 1 aliphatic carbocycles. The molecule has 0 saturated heterocycles. The third kappa shape index (κ3) is 4.36. The summed E-state index contributed by atoms with van der Waals surface area (Å²) in [7, 11) is 2.57. The molecule has 3 rings (SSSR count). The van der Waals surface area contributed by atoms with Gasteiger partial charge >= 0.3 is 11.9 Å². The Balaban J connectivity index is 2.12. The molecule has 0 spiro atoms. The lowest BCUT2D eigenvalue weighted by Crippen LogP contribution is -2.55. The van der Waals surface area contributed by atoms with Gasteiger partial charge < -0.3 is 14.6 Å². The quantitative estimate of drug-likeness (QED) is 0.581. The molecule has 0 radical (unpaired) electrons. The highest BCUT2D eigenvalue weighted by Crippen LogP contribution is 2.47. The molecule has 4 atom stereocenters. The van der Waals surface area contributed by atoms with E-state index in [1.807, 2.05) is 60.7 Å². The van der Waals surface area contributed by atoms with Crippen molar-refractivity contribution in [2.24, 2.45) is 16.9 Å². The summed E-state index contributed by atoms with van der Waals surface area (Å²) >= 11 is 0. The molecular weight excluding hydrogens is 384 g/mol. The second-order valence-corrected chi connectivity index (χ2v) is 7.55. The molecule has 0 aromatic heterocycles. The van der Waals surface area contributed by atoms with Crippen molar-refractivity contribution in [3.63, 3.8) is 0 Å². The standard InChI is InChI=1S/C23H26N2O5/c1-23(28)14-17(25-24-16-12-8-5-9-13-16)19(21(26)29-2)18(20(23)22(27)30-3)15-10-6-4-7-11-15/h4-13,18-20,24,28H,14H2,1-3H3/b25-17-/t18-,19+,20-,23-/m0/s1. The van der Waals surface area contributed by atoms with Gasteiger partial charge in [0, 0.05) is 12.3 Å². The number of hydrogen-bond donors (Lipinski definition) is 2. The first-order chi connectivity index (χ1) is 14.4. The highest BCUT2D eigenvalue weighted by Gasteiger charge is 2.56. The first-order valence-electron chi connectivity index (χ1n) is 9.69. The fourth-order valence-corrected chi connectivity index (χ4v) is 4.13. The molecule has 2 N–H and O–H groups in total. The van der Waals surface area contributed by atoms with Crippen molar-refractivity contribution in [2.75, 3.05) is 19.6 Å². The molecule has 0 aliphatic heterocycles. The molecule has 1 aliphatic rings. The minimum Gasteiger partial charge on any atom is -0.469 e. The van der Waals surface area contributed by atoms with Gasteiger partial charge in [-0.1, -0.05) is 48.5 Å². The van der Waals surface area contributed by atoms with E-state index in [4.69, 9.17) is 9.47 Å². The summed E-state index contributed by atoms with van der Waals surface area (Å²) in [4.78, 5) is 25.6. The van der Waals surface area contributed by atoms with Crippen molar-refractivity contribution in [3.05, 3.63) is 66.2 Å². The number of hydrogen-bond acceptors (Lipinski definition) is 7. The Labute approximate surface area is 175 Å². The normalized spacial score (nSPS) is 27.3. The maximum Gasteiger partial charge on any atom is 0.315 e. The van der Waals surface area contributed by atoms with E-state index >= 15 is 0 Å². The van der Waals surface area contributed by atoms with Gasteiger partial charge in [-0.2, -0.15) is 5.10 Å². The van der Waals surface area contributed by atoms with Crippen molar-refractivity contribution in [1.82, 2.24) is 0 Å². The Morgan fingerprint density at radius 1 is 1.00 bits per heavy atom. The minimum absolute atomic E-state index is 0.00962. The van der Waals surface area contributed by atoms with Crippen molar-refractivity contribution < 1.29 is 24.2 Å². The number of aliphatic hydroxyl groups is 1. The van der Waals surface area contributed by atoms with Gasteiger partial charge in [0.2, 0.25) is 0 Å². The molecule has 158 valence electrons. The second kappa shape index (κ2) is 9.09. The number of rotatable bonds is 5. The first-order valence-corrected chi connectivity index (χ1v) is 9.69. The first kappa shape index (κ1) is 21.5. The smallest absolute Gasteiger partial charge is 0.315 e. The van der Waals surface area contributed by atoms with Crippen LogP contribution in [0.15, 0.2) is 65.8 Å². The summed E-state index contributed by atoms with van der Waals surface area (Å²) in [5.74, 6) is -3.64. The van der Waals surface area contributed by atoms with E-state index in [9.17, 15) is 14.7 Å². The summed E-state index contributed by atoms with van der Waals surface area (Å²) in [6, 6.07) is 18.4. The summed E-state index contributed by atoms with van der Waals surface area (Å²) in [6.45, 7) is 1.57. The van der Waals surface area contributed by atoms with Crippen LogP contribution >= 0.6 is 0 Å². The maximum absolute atomic E-state index is 12.9. The van der Waals surface area contributed by atoms with Crippen LogP contribution < -0.4 is 5.43 Å². The zero-order valence-corrected chi connectivity index (χ0v) is 17.2. The average molecular weight is 410 g/mol. The molecule has 0 heterocycles. The van der Waals surface area contributed by atoms with Crippen LogP contribution in [0.1, 0.15) is 24.8 Å². The number of nitrogens with zero attached hydrogens (tertiary/aromatic N) is 1. The van der Waals surface area contributed by atoms with Gasteiger partial charge in [-0.15, -0.1) is 0 Å². The molecule has 30 heavy (non-hydrogen) atoms. The number of nitrogens with one attached hydrogen (secondary N) is 1. The summed E-state index contributed by atoms with van der Waals surface area (Å²) in [5.41, 5.74) is 3.33. The van der Waals surface area contributed by atoms with E-state index in [1.165, 1.54) is 14.2 Å². The van der Waals surface area contributed by atoms with Crippen LogP contribution in [0.2, 0.25) is 0 Å². The van der Waals surface area contributed by atoms with E-state index < -0.39 is 35.3 Å².